The van der Waals surface area contributed by atoms with Crippen molar-refractivity contribution in [2.24, 2.45) is 0 Å². The highest BCUT2D eigenvalue weighted by molar-refractivity contribution is 5.98. The highest BCUT2D eigenvalue weighted by Crippen LogP contribution is 2.26. The van der Waals surface area contributed by atoms with Crippen LogP contribution in [0.15, 0.2) is 84.9 Å². The van der Waals surface area contributed by atoms with Gasteiger partial charge in [0.2, 0.25) is 5.91 Å². The van der Waals surface area contributed by atoms with Gasteiger partial charge in [-0.1, -0.05) is 72.8 Å². The second-order valence-electron chi connectivity index (χ2n) is 5.61. The molecule has 23 heavy (non-hydrogen) atoms. The normalized spacial score (nSPS) is 10.5. The molecule has 0 unspecified atom stereocenters. The molecule has 0 heterocycles. The van der Waals surface area contributed by atoms with Crippen LogP contribution in [-0.2, 0) is 4.79 Å². The Bertz CT molecular complexity index is 742. The molecular formula is C21H19NO. The number of amides is 1. The Hall–Kier alpha value is -2.87. The first-order valence-electron chi connectivity index (χ1n) is 7.71. The summed E-state index contributed by atoms with van der Waals surface area (Å²) in [7, 11) is 0. The molecule has 0 fully saturated rings. The fourth-order valence-corrected chi connectivity index (χ4v) is 2.72. The quantitative estimate of drug-likeness (QED) is 0.739. The Morgan fingerprint density at radius 1 is 0.783 bits per heavy atom. The number of anilines is 1. The van der Waals surface area contributed by atoms with E-state index < -0.39 is 0 Å². The van der Waals surface area contributed by atoms with E-state index in [9.17, 15) is 4.79 Å². The molecule has 3 aromatic rings. The summed E-state index contributed by atoms with van der Waals surface area (Å²) < 4.78 is 0. The largest absolute Gasteiger partial charge is 0.325 e. The lowest BCUT2D eigenvalue weighted by Crippen LogP contribution is -2.22. The number of benzene rings is 3. The van der Waals surface area contributed by atoms with Crippen LogP contribution in [0.3, 0.4) is 0 Å². The Kier molecular flexibility index (Phi) is 4.53. The van der Waals surface area contributed by atoms with Crippen LogP contribution in [0.5, 0.6) is 0 Å². The van der Waals surface area contributed by atoms with Gasteiger partial charge in [-0.2, -0.15) is 0 Å². The van der Waals surface area contributed by atoms with Crippen LogP contribution in [0.2, 0.25) is 0 Å². The zero-order valence-corrected chi connectivity index (χ0v) is 13.1. The van der Waals surface area contributed by atoms with E-state index in [1.54, 1.807) is 0 Å². The molecule has 0 aromatic heterocycles. The molecule has 2 nitrogen and oxygen atoms in total. The third-order valence-corrected chi connectivity index (χ3v) is 3.81. The molecule has 0 aliphatic heterocycles. The monoisotopic (exact) mass is 301 g/mol. The van der Waals surface area contributed by atoms with E-state index in [1.165, 1.54) is 0 Å². The van der Waals surface area contributed by atoms with E-state index in [2.05, 4.69) is 5.32 Å². The van der Waals surface area contributed by atoms with E-state index in [0.717, 1.165) is 22.4 Å². The topological polar surface area (TPSA) is 29.1 Å². The van der Waals surface area contributed by atoms with Gasteiger partial charge in [0, 0.05) is 5.69 Å². The number of rotatable bonds is 4. The first-order valence-corrected chi connectivity index (χ1v) is 7.71. The van der Waals surface area contributed by atoms with Crippen molar-refractivity contribution < 1.29 is 4.79 Å². The number of aryl methyl sites for hydroxylation is 1. The molecule has 1 amide bonds. The van der Waals surface area contributed by atoms with Gasteiger partial charge in [-0.3, -0.25) is 4.79 Å². The van der Waals surface area contributed by atoms with E-state index in [-0.39, 0.29) is 11.8 Å². The molecule has 0 saturated heterocycles. The molecule has 0 bridgehead atoms. The van der Waals surface area contributed by atoms with Crippen LogP contribution in [0.1, 0.15) is 22.6 Å². The summed E-state index contributed by atoms with van der Waals surface area (Å²) >= 11 is 0. The summed E-state index contributed by atoms with van der Waals surface area (Å²) in [6.45, 7) is 2.02. The maximum atomic E-state index is 12.9. The van der Waals surface area contributed by atoms with Crippen molar-refractivity contribution >= 4 is 11.6 Å². The van der Waals surface area contributed by atoms with Crippen LogP contribution in [-0.4, -0.2) is 5.91 Å². The Morgan fingerprint density at radius 3 is 1.87 bits per heavy atom. The summed E-state index contributed by atoms with van der Waals surface area (Å²) in [6, 6.07) is 27.6. The van der Waals surface area contributed by atoms with Gasteiger partial charge in [0.15, 0.2) is 0 Å². The lowest BCUT2D eigenvalue weighted by Gasteiger charge is -2.18. The van der Waals surface area contributed by atoms with Gasteiger partial charge in [-0.25, -0.2) is 0 Å². The standard InChI is InChI=1S/C21H19NO/c1-16-9-8-14-19(15-16)22-21(23)20(17-10-4-2-5-11-17)18-12-6-3-7-13-18/h2-15,20H,1H3,(H,22,23). The third kappa shape index (κ3) is 3.67. The van der Waals surface area contributed by atoms with Gasteiger partial charge in [0.1, 0.15) is 0 Å². The number of carbonyl (C=O) groups excluding carboxylic acids is 1. The second kappa shape index (κ2) is 6.93. The third-order valence-electron chi connectivity index (χ3n) is 3.81. The lowest BCUT2D eigenvalue weighted by molar-refractivity contribution is -0.116. The van der Waals surface area contributed by atoms with Gasteiger partial charge in [-0.05, 0) is 35.7 Å². The maximum absolute atomic E-state index is 12.9. The SMILES string of the molecule is Cc1cccc(NC(=O)C(c2ccccc2)c2ccccc2)c1. The van der Waals surface area contributed by atoms with Gasteiger partial charge in [0.05, 0.1) is 5.92 Å². The fraction of sp³-hybridized carbons (Fsp3) is 0.0952. The highest BCUT2D eigenvalue weighted by Gasteiger charge is 2.22. The van der Waals surface area contributed by atoms with Crippen LogP contribution < -0.4 is 5.32 Å². The number of hydrogen-bond donors (Lipinski definition) is 1. The average Bonchev–Trinajstić information content (AvgIpc) is 2.57. The average molecular weight is 301 g/mol. The Labute approximate surface area is 136 Å². The van der Waals surface area contributed by atoms with Crippen molar-refractivity contribution in [3.05, 3.63) is 102 Å². The number of hydrogen-bond acceptors (Lipinski definition) is 1. The highest BCUT2D eigenvalue weighted by atomic mass is 16.1. The molecule has 0 radical (unpaired) electrons. The number of nitrogens with one attached hydrogen (secondary N) is 1. The summed E-state index contributed by atoms with van der Waals surface area (Å²) in [4.78, 5) is 12.9. The predicted octanol–water partition coefficient (Wildman–Crippen LogP) is 4.77. The zero-order valence-electron chi connectivity index (χ0n) is 13.1. The molecule has 0 atom stereocenters. The van der Waals surface area contributed by atoms with E-state index in [1.807, 2.05) is 91.9 Å². The van der Waals surface area contributed by atoms with Crippen molar-refractivity contribution in [2.45, 2.75) is 12.8 Å². The van der Waals surface area contributed by atoms with E-state index >= 15 is 0 Å². The molecule has 0 aliphatic carbocycles. The molecular weight excluding hydrogens is 282 g/mol. The molecule has 1 N–H and O–H groups in total. The first-order chi connectivity index (χ1) is 11.2. The van der Waals surface area contributed by atoms with Crippen molar-refractivity contribution in [3.63, 3.8) is 0 Å². The second-order valence-corrected chi connectivity index (χ2v) is 5.61. The summed E-state index contributed by atoms with van der Waals surface area (Å²) in [5, 5.41) is 3.04. The molecule has 3 aromatic carbocycles. The summed E-state index contributed by atoms with van der Waals surface area (Å²) in [5.41, 5.74) is 3.93. The molecule has 0 spiro atoms. The van der Waals surface area contributed by atoms with Crippen molar-refractivity contribution in [1.82, 2.24) is 0 Å². The van der Waals surface area contributed by atoms with Gasteiger partial charge >= 0.3 is 0 Å². The fourth-order valence-electron chi connectivity index (χ4n) is 2.72. The zero-order chi connectivity index (χ0) is 16.1. The van der Waals surface area contributed by atoms with Crippen LogP contribution in [0.4, 0.5) is 5.69 Å². The smallest absolute Gasteiger partial charge is 0.236 e. The van der Waals surface area contributed by atoms with Crippen LogP contribution >= 0.6 is 0 Å². The maximum Gasteiger partial charge on any atom is 0.236 e. The predicted molar refractivity (Wildman–Crippen MR) is 94.5 cm³/mol. The van der Waals surface area contributed by atoms with Crippen LogP contribution in [0, 0.1) is 6.92 Å². The van der Waals surface area contributed by atoms with Crippen molar-refractivity contribution in [3.8, 4) is 0 Å². The van der Waals surface area contributed by atoms with E-state index in [0.29, 0.717) is 0 Å². The molecule has 114 valence electrons. The molecule has 3 rings (SSSR count). The van der Waals surface area contributed by atoms with Crippen molar-refractivity contribution in [1.29, 1.82) is 0 Å². The van der Waals surface area contributed by atoms with Gasteiger partial charge in [-0.15, -0.1) is 0 Å². The Morgan fingerprint density at radius 2 is 1.35 bits per heavy atom. The summed E-state index contributed by atoms with van der Waals surface area (Å²) in [6.07, 6.45) is 0. The van der Waals surface area contributed by atoms with Gasteiger partial charge < -0.3 is 5.32 Å². The van der Waals surface area contributed by atoms with Gasteiger partial charge in [0.25, 0.3) is 0 Å². The molecule has 0 aliphatic rings. The summed E-state index contributed by atoms with van der Waals surface area (Å²) in [5.74, 6) is -0.342. The lowest BCUT2D eigenvalue weighted by atomic mass is 9.90. The van der Waals surface area contributed by atoms with E-state index in [4.69, 9.17) is 0 Å². The first kappa shape index (κ1) is 15.0. The minimum Gasteiger partial charge on any atom is -0.325 e. The van der Waals surface area contributed by atoms with Crippen molar-refractivity contribution in [2.75, 3.05) is 5.32 Å². The Balaban J connectivity index is 1.94. The number of carbonyl (C=O) groups is 1. The van der Waals surface area contributed by atoms with Crippen LogP contribution in [0.25, 0.3) is 0 Å². The minimum atomic E-state index is -0.321. The molecule has 0 saturated carbocycles. The minimum absolute atomic E-state index is 0.0204. The molecule has 2 heteroatoms.